The minimum Gasteiger partial charge on any atom is -0.335 e. The maximum absolute atomic E-state index is 11.8. The molecule has 0 unspecified atom stereocenters. The molecule has 114 valence electrons. The molecule has 1 aromatic heterocycles. The van der Waals surface area contributed by atoms with Gasteiger partial charge in [0.05, 0.1) is 6.42 Å². The molecule has 3 N–H and O–H groups in total. The lowest BCUT2D eigenvalue weighted by Gasteiger charge is -2.21. The molecule has 0 aromatic carbocycles. The molecule has 1 aromatic rings. The van der Waals surface area contributed by atoms with E-state index in [9.17, 15) is 9.59 Å². The Morgan fingerprint density at radius 2 is 2.10 bits per heavy atom. The lowest BCUT2D eigenvalue weighted by Crippen LogP contribution is -2.25. The van der Waals surface area contributed by atoms with E-state index in [1.165, 1.54) is 25.3 Å². The Morgan fingerprint density at radius 1 is 1.38 bits per heavy atom. The van der Waals surface area contributed by atoms with Crippen molar-refractivity contribution in [2.75, 3.05) is 0 Å². The first kappa shape index (κ1) is 15.6. The number of nitrogens with zero attached hydrogens (tertiary/aromatic N) is 1. The summed E-state index contributed by atoms with van der Waals surface area (Å²) >= 11 is 4.86. The third-order valence-electron chi connectivity index (χ3n) is 3.72. The second kappa shape index (κ2) is 7.31. The molecule has 2 rings (SSSR count). The van der Waals surface area contributed by atoms with E-state index in [0.717, 1.165) is 18.6 Å². The van der Waals surface area contributed by atoms with Gasteiger partial charge in [-0.15, -0.1) is 0 Å². The van der Waals surface area contributed by atoms with Crippen molar-refractivity contribution in [3.63, 3.8) is 0 Å². The summed E-state index contributed by atoms with van der Waals surface area (Å²) in [5.74, 6) is 0.214. The number of rotatable bonds is 4. The summed E-state index contributed by atoms with van der Waals surface area (Å²) in [6.07, 6.45) is 6.09. The minimum absolute atomic E-state index is 0.0506. The maximum Gasteiger partial charge on any atom is 0.251 e. The average molecular weight is 308 g/mol. The van der Waals surface area contributed by atoms with Crippen LogP contribution in [0, 0.1) is 10.7 Å². The molecular formula is C14H20N4O2S. The first-order chi connectivity index (χ1) is 10.0. The zero-order chi connectivity index (χ0) is 15.2. The third kappa shape index (κ3) is 4.93. The molecule has 1 amide bonds. The van der Waals surface area contributed by atoms with Crippen molar-refractivity contribution < 1.29 is 4.79 Å². The van der Waals surface area contributed by atoms with E-state index in [-0.39, 0.29) is 22.7 Å². The number of H-pyrrole nitrogens is 2. The zero-order valence-electron chi connectivity index (χ0n) is 12.1. The number of hydrazone groups is 1. The van der Waals surface area contributed by atoms with Gasteiger partial charge in [-0.05, 0) is 37.9 Å². The minimum atomic E-state index is -0.316. The van der Waals surface area contributed by atoms with Gasteiger partial charge in [0.25, 0.3) is 5.56 Å². The molecule has 0 spiro atoms. The molecular weight excluding hydrogens is 288 g/mol. The Hall–Kier alpha value is -1.76. The Bertz CT molecular complexity index is 613. The van der Waals surface area contributed by atoms with Crippen LogP contribution in [0.1, 0.15) is 44.7 Å². The van der Waals surface area contributed by atoms with Crippen LogP contribution in [0.2, 0.25) is 0 Å². The molecule has 0 atom stereocenters. The number of carbonyl (C=O) groups excluding carboxylic acids is 1. The number of nitrogens with one attached hydrogen (secondary N) is 3. The summed E-state index contributed by atoms with van der Waals surface area (Å²) in [6.45, 7) is 1.96. The smallest absolute Gasteiger partial charge is 0.251 e. The van der Waals surface area contributed by atoms with Crippen LogP contribution in [0.5, 0.6) is 0 Å². The van der Waals surface area contributed by atoms with Crippen molar-refractivity contribution in [2.24, 2.45) is 11.0 Å². The normalized spacial score (nSPS) is 16.7. The van der Waals surface area contributed by atoms with E-state index in [1.807, 2.05) is 6.92 Å². The molecule has 1 saturated carbocycles. The van der Waals surface area contributed by atoms with Crippen LogP contribution in [0.15, 0.2) is 16.0 Å². The fourth-order valence-corrected chi connectivity index (χ4v) is 2.82. The molecule has 0 radical (unpaired) electrons. The van der Waals surface area contributed by atoms with Gasteiger partial charge in [0.1, 0.15) is 0 Å². The van der Waals surface area contributed by atoms with Crippen LogP contribution >= 0.6 is 12.2 Å². The van der Waals surface area contributed by atoms with Gasteiger partial charge in [0, 0.05) is 17.5 Å². The largest absolute Gasteiger partial charge is 0.335 e. The van der Waals surface area contributed by atoms with Gasteiger partial charge in [-0.3, -0.25) is 14.6 Å². The first-order valence-electron chi connectivity index (χ1n) is 7.20. The van der Waals surface area contributed by atoms with E-state index in [0.29, 0.717) is 11.6 Å². The Kier molecular flexibility index (Phi) is 5.44. The standard InChI is InChI=1S/C14H20N4O2S/c1-9(10-5-3-2-4-6-10)17-18-13(20)8-11-7-12(19)16-14(21)15-11/h7,10H,2-6,8H2,1H3,(H,18,20)(H2,15,16,19,21)/b17-9-. The summed E-state index contributed by atoms with van der Waals surface area (Å²) in [5.41, 5.74) is 3.69. The second-order valence-corrected chi connectivity index (χ2v) is 5.82. The second-order valence-electron chi connectivity index (χ2n) is 5.41. The third-order valence-corrected chi connectivity index (χ3v) is 3.92. The number of hydrogen-bond donors (Lipinski definition) is 3. The van der Waals surface area contributed by atoms with Gasteiger partial charge < -0.3 is 4.98 Å². The van der Waals surface area contributed by atoms with E-state index in [1.54, 1.807) is 0 Å². The summed E-state index contributed by atoms with van der Waals surface area (Å²) in [5, 5.41) is 4.18. The molecule has 7 heteroatoms. The maximum atomic E-state index is 11.8. The highest BCUT2D eigenvalue weighted by atomic mass is 32.1. The molecule has 1 fully saturated rings. The SMILES string of the molecule is C/C(=N/NC(=O)Cc1cc(=O)[nH]c(=S)[nH]1)C1CCCCC1. The summed E-state index contributed by atoms with van der Waals surface area (Å²) < 4.78 is 0.215. The van der Waals surface area contributed by atoms with Crippen LogP contribution < -0.4 is 11.0 Å². The molecule has 1 heterocycles. The quantitative estimate of drug-likeness (QED) is 0.452. The van der Waals surface area contributed by atoms with E-state index in [4.69, 9.17) is 12.2 Å². The fourth-order valence-electron chi connectivity index (χ4n) is 2.59. The zero-order valence-corrected chi connectivity index (χ0v) is 12.9. The van der Waals surface area contributed by atoms with Crippen LogP contribution in [0.25, 0.3) is 0 Å². The van der Waals surface area contributed by atoms with Crippen molar-refractivity contribution in [1.82, 2.24) is 15.4 Å². The number of hydrogen-bond acceptors (Lipinski definition) is 4. The van der Waals surface area contributed by atoms with E-state index >= 15 is 0 Å². The van der Waals surface area contributed by atoms with Crippen LogP contribution in [-0.4, -0.2) is 21.6 Å². The van der Waals surface area contributed by atoms with Crippen molar-refractivity contribution in [3.05, 3.63) is 26.9 Å². The number of aromatic nitrogens is 2. The van der Waals surface area contributed by atoms with Gasteiger partial charge in [-0.25, -0.2) is 5.43 Å². The molecule has 0 saturated heterocycles. The predicted octanol–water partition coefficient (Wildman–Crippen LogP) is 2.05. The molecule has 1 aliphatic carbocycles. The summed E-state index contributed by atoms with van der Waals surface area (Å²) in [7, 11) is 0. The van der Waals surface area contributed by atoms with Crippen LogP contribution in [0.4, 0.5) is 0 Å². The lowest BCUT2D eigenvalue weighted by atomic mass is 9.86. The topological polar surface area (TPSA) is 90.1 Å². The molecule has 1 aliphatic rings. The molecule has 6 nitrogen and oxygen atoms in total. The summed E-state index contributed by atoms with van der Waals surface area (Å²) in [4.78, 5) is 28.3. The van der Waals surface area contributed by atoms with Crippen molar-refractivity contribution in [1.29, 1.82) is 0 Å². The number of carbonyl (C=O) groups is 1. The molecule has 0 bridgehead atoms. The first-order valence-corrected chi connectivity index (χ1v) is 7.61. The Morgan fingerprint density at radius 3 is 2.76 bits per heavy atom. The van der Waals surface area contributed by atoms with Crippen LogP contribution in [0.3, 0.4) is 0 Å². The Balaban J connectivity index is 1.92. The number of aromatic amines is 2. The van der Waals surface area contributed by atoms with E-state index in [2.05, 4.69) is 20.5 Å². The van der Waals surface area contributed by atoms with Gasteiger partial charge in [0.2, 0.25) is 5.91 Å². The van der Waals surface area contributed by atoms with Gasteiger partial charge in [-0.1, -0.05) is 19.3 Å². The number of amides is 1. The van der Waals surface area contributed by atoms with Gasteiger partial charge >= 0.3 is 0 Å². The lowest BCUT2D eigenvalue weighted by molar-refractivity contribution is -0.120. The summed E-state index contributed by atoms with van der Waals surface area (Å²) in [6, 6.07) is 1.33. The highest BCUT2D eigenvalue weighted by molar-refractivity contribution is 7.71. The van der Waals surface area contributed by atoms with Crippen molar-refractivity contribution in [2.45, 2.75) is 45.4 Å². The predicted molar refractivity (Wildman–Crippen MR) is 83.8 cm³/mol. The Labute approximate surface area is 128 Å². The van der Waals surface area contributed by atoms with Gasteiger partial charge in [-0.2, -0.15) is 5.10 Å². The fraction of sp³-hybridized carbons (Fsp3) is 0.571. The monoisotopic (exact) mass is 308 g/mol. The average Bonchev–Trinajstić information content (AvgIpc) is 2.44. The molecule has 0 aliphatic heterocycles. The van der Waals surface area contributed by atoms with Crippen molar-refractivity contribution >= 4 is 23.8 Å². The van der Waals surface area contributed by atoms with Crippen LogP contribution in [-0.2, 0) is 11.2 Å². The van der Waals surface area contributed by atoms with Crippen molar-refractivity contribution in [3.8, 4) is 0 Å². The van der Waals surface area contributed by atoms with Gasteiger partial charge in [0.15, 0.2) is 4.77 Å². The van der Waals surface area contributed by atoms with E-state index < -0.39 is 0 Å². The highest BCUT2D eigenvalue weighted by Crippen LogP contribution is 2.24. The highest BCUT2D eigenvalue weighted by Gasteiger charge is 2.16. The molecule has 21 heavy (non-hydrogen) atoms.